The van der Waals surface area contributed by atoms with Crippen molar-refractivity contribution in [3.05, 3.63) is 54.5 Å². The quantitative estimate of drug-likeness (QED) is 0.478. The van der Waals surface area contributed by atoms with Crippen molar-refractivity contribution in [1.82, 2.24) is 0 Å². The highest BCUT2D eigenvalue weighted by Gasteiger charge is 1.94. The second kappa shape index (κ2) is 7.95. The molecule has 96 valence electrons. The van der Waals surface area contributed by atoms with Gasteiger partial charge in [0, 0.05) is 0 Å². The van der Waals surface area contributed by atoms with Crippen molar-refractivity contribution in [2.75, 3.05) is 0 Å². The lowest BCUT2D eigenvalue weighted by molar-refractivity contribution is -0.132. The highest BCUT2D eigenvalue weighted by Crippen LogP contribution is 2.10. The number of carbonyl (C=O) groups excluding carboxylic acids is 1. The van der Waals surface area contributed by atoms with Crippen molar-refractivity contribution >= 4 is 5.97 Å². The highest BCUT2D eigenvalue weighted by atomic mass is 16.5. The second-order valence-corrected chi connectivity index (χ2v) is 3.50. The van der Waals surface area contributed by atoms with Crippen molar-refractivity contribution in [1.29, 1.82) is 0 Å². The summed E-state index contributed by atoms with van der Waals surface area (Å²) in [5.41, 5.74) is 0.900. The van der Waals surface area contributed by atoms with Gasteiger partial charge in [0.1, 0.15) is 12.4 Å². The van der Waals surface area contributed by atoms with Crippen LogP contribution in [-0.2, 0) is 20.9 Å². The molecule has 0 aliphatic rings. The fourth-order valence-corrected chi connectivity index (χ4v) is 1.09. The fraction of sp³-hybridized carbons (Fsp3) is 0.214. The molecule has 18 heavy (non-hydrogen) atoms. The van der Waals surface area contributed by atoms with E-state index in [2.05, 4.69) is 0 Å². The van der Waals surface area contributed by atoms with Crippen LogP contribution < -0.4 is 0 Å². The van der Waals surface area contributed by atoms with E-state index in [0.717, 1.165) is 12.0 Å². The number of carbonyl (C=O) groups is 1. The molecular formula is C14H16O4. The van der Waals surface area contributed by atoms with Crippen LogP contribution in [0.25, 0.3) is 0 Å². The standard InChI is InChI=1S/C14H16O4/c1-2-3-9-18-14(16)8-10-17-11-12-4-6-13(15)7-5-12/h3-10,15H,2,11H2,1H3/b9-3+,10-8+. The van der Waals surface area contributed by atoms with Crippen LogP contribution >= 0.6 is 0 Å². The normalized spacial score (nSPS) is 10.9. The molecule has 0 atom stereocenters. The number of benzene rings is 1. The molecule has 0 saturated heterocycles. The molecule has 1 rings (SSSR count). The third kappa shape index (κ3) is 5.75. The average Bonchev–Trinajstić information content (AvgIpc) is 2.37. The number of phenols is 1. The van der Waals surface area contributed by atoms with Crippen LogP contribution in [0.15, 0.2) is 48.9 Å². The number of phenolic OH excluding ortho intramolecular Hbond substituents is 1. The van der Waals surface area contributed by atoms with E-state index in [1.807, 2.05) is 6.92 Å². The first kappa shape index (κ1) is 13.8. The molecule has 0 spiro atoms. The molecule has 0 radical (unpaired) electrons. The van der Waals surface area contributed by atoms with Gasteiger partial charge in [-0.3, -0.25) is 0 Å². The molecule has 0 unspecified atom stereocenters. The van der Waals surface area contributed by atoms with E-state index in [1.54, 1.807) is 30.3 Å². The van der Waals surface area contributed by atoms with Gasteiger partial charge in [-0.1, -0.05) is 19.1 Å². The zero-order valence-electron chi connectivity index (χ0n) is 10.2. The summed E-state index contributed by atoms with van der Waals surface area (Å²) in [5, 5.41) is 9.08. The monoisotopic (exact) mass is 248 g/mol. The Morgan fingerprint density at radius 2 is 2.00 bits per heavy atom. The minimum atomic E-state index is -0.481. The van der Waals surface area contributed by atoms with Crippen molar-refractivity contribution in [2.45, 2.75) is 20.0 Å². The topological polar surface area (TPSA) is 55.8 Å². The van der Waals surface area contributed by atoms with Crippen LogP contribution in [0.2, 0.25) is 0 Å². The SMILES string of the molecule is CC/C=C/OC(=O)/C=C/OCc1ccc(O)cc1. The minimum Gasteiger partial charge on any atom is -0.508 e. The van der Waals surface area contributed by atoms with Gasteiger partial charge in [-0.25, -0.2) is 4.79 Å². The molecule has 0 bridgehead atoms. The molecule has 0 aromatic heterocycles. The highest BCUT2D eigenvalue weighted by molar-refractivity contribution is 5.82. The molecule has 1 aromatic carbocycles. The van der Waals surface area contributed by atoms with Gasteiger partial charge in [-0.05, 0) is 30.2 Å². The maximum atomic E-state index is 11.1. The second-order valence-electron chi connectivity index (χ2n) is 3.50. The summed E-state index contributed by atoms with van der Waals surface area (Å²) >= 11 is 0. The Hall–Kier alpha value is -2.23. The van der Waals surface area contributed by atoms with Gasteiger partial charge >= 0.3 is 5.97 Å². The summed E-state index contributed by atoms with van der Waals surface area (Å²) in [6.07, 6.45) is 6.40. The van der Waals surface area contributed by atoms with E-state index in [-0.39, 0.29) is 5.75 Å². The molecule has 4 nitrogen and oxygen atoms in total. The lowest BCUT2D eigenvalue weighted by Gasteiger charge is -2.00. The predicted molar refractivity (Wildman–Crippen MR) is 67.6 cm³/mol. The van der Waals surface area contributed by atoms with Gasteiger partial charge in [0.05, 0.1) is 18.6 Å². The Kier molecular flexibility index (Phi) is 6.11. The fourth-order valence-electron chi connectivity index (χ4n) is 1.09. The van der Waals surface area contributed by atoms with E-state index in [4.69, 9.17) is 14.6 Å². The minimum absolute atomic E-state index is 0.209. The zero-order chi connectivity index (χ0) is 13.2. The van der Waals surface area contributed by atoms with E-state index in [1.165, 1.54) is 18.6 Å². The Labute approximate surface area is 106 Å². The molecule has 0 fully saturated rings. The molecular weight excluding hydrogens is 232 g/mol. The summed E-state index contributed by atoms with van der Waals surface area (Å²) in [7, 11) is 0. The van der Waals surface area contributed by atoms with Gasteiger partial charge in [0.25, 0.3) is 0 Å². The molecule has 0 saturated carbocycles. The van der Waals surface area contributed by atoms with E-state index in [0.29, 0.717) is 6.61 Å². The number of rotatable bonds is 6. The molecule has 1 N–H and O–H groups in total. The zero-order valence-corrected chi connectivity index (χ0v) is 10.2. The Morgan fingerprint density at radius 1 is 1.28 bits per heavy atom. The van der Waals surface area contributed by atoms with E-state index >= 15 is 0 Å². The number of ether oxygens (including phenoxy) is 2. The summed E-state index contributed by atoms with van der Waals surface area (Å²) in [6, 6.07) is 6.63. The number of hydrogen-bond acceptors (Lipinski definition) is 4. The number of hydrogen-bond donors (Lipinski definition) is 1. The Balaban J connectivity index is 2.26. The van der Waals surface area contributed by atoms with E-state index in [9.17, 15) is 4.79 Å². The van der Waals surface area contributed by atoms with Gasteiger partial charge in [0.15, 0.2) is 0 Å². The molecule has 4 heteroatoms. The lowest BCUT2D eigenvalue weighted by Crippen LogP contribution is -1.94. The van der Waals surface area contributed by atoms with Crippen molar-refractivity contribution < 1.29 is 19.4 Å². The van der Waals surface area contributed by atoms with Crippen LogP contribution in [0.5, 0.6) is 5.75 Å². The summed E-state index contributed by atoms with van der Waals surface area (Å²) in [6.45, 7) is 2.27. The van der Waals surface area contributed by atoms with Gasteiger partial charge < -0.3 is 14.6 Å². The molecule has 0 aliphatic heterocycles. The first-order valence-corrected chi connectivity index (χ1v) is 5.64. The maximum absolute atomic E-state index is 11.1. The largest absolute Gasteiger partial charge is 0.508 e. The molecule has 0 aliphatic carbocycles. The smallest absolute Gasteiger partial charge is 0.338 e. The van der Waals surface area contributed by atoms with Crippen LogP contribution in [0.4, 0.5) is 0 Å². The van der Waals surface area contributed by atoms with Crippen LogP contribution in [0.3, 0.4) is 0 Å². The van der Waals surface area contributed by atoms with Gasteiger partial charge in [0.2, 0.25) is 0 Å². The van der Waals surface area contributed by atoms with Crippen molar-refractivity contribution in [3.63, 3.8) is 0 Å². The Bertz CT molecular complexity index is 418. The lowest BCUT2D eigenvalue weighted by atomic mass is 10.2. The molecule has 0 amide bonds. The first-order chi connectivity index (χ1) is 8.72. The summed E-state index contributed by atoms with van der Waals surface area (Å²) in [5.74, 6) is -0.272. The van der Waals surface area contributed by atoms with Crippen molar-refractivity contribution in [3.8, 4) is 5.75 Å². The van der Waals surface area contributed by atoms with E-state index < -0.39 is 5.97 Å². The number of allylic oxidation sites excluding steroid dienone is 1. The average molecular weight is 248 g/mol. The third-order valence-corrected chi connectivity index (χ3v) is 2.00. The third-order valence-electron chi connectivity index (χ3n) is 2.00. The summed E-state index contributed by atoms with van der Waals surface area (Å²) in [4.78, 5) is 11.1. The first-order valence-electron chi connectivity index (χ1n) is 5.64. The van der Waals surface area contributed by atoms with Gasteiger partial charge in [-0.2, -0.15) is 0 Å². The Morgan fingerprint density at radius 3 is 2.67 bits per heavy atom. The number of aromatic hydroxyl groups is 1. The van der Waals surface area contributed by atoms with Gasteiger partial charge in [-0.15, -0.1) is 0 Å². The molecule has 0 heterocycles. The number of esters is 1. The maximum Gasteiger partial charge on any atom is 0.338 e. The van der Waals surface area contributed by atoms with Crippen LogP contribution in [-0.4, -0.2) is 11.1 Å². The van der Waals surface area contributed by atoms with Crippen LogP contribution in [0, 0.1) is 0 Å². The van der Waals surface area contributed by atoms with Crippen LogP contribution in [0.1, 0.15) is 18.9 Å². The van der Waals surface area contributed by atoms with Crippen molar-refractivity contribution in [2.24, 2.45) is 0 Å². The predicted octanol–water partition coefficient (Wildman–Crippen LogP) is 2.89. The molecule has 1 aromatic rings. The summed E-state index contributed by atoms with van der Waals surface area (Å²) < 4.78 is 9.88.